The van der Waals surface area contributed by atoms with E-state index >= 15 is 0 Å². The highest BCUT2D eigenvalue weighted by atomic mass is 127. The Hall–Kier alpha value is -0.300. The number of benzene rings is 1. The van der Waals surface area contributed by atoms with Crippen LogP contribution in [0.5, 0.6) is 5.75 Å². The Morgan fingerprint density at radius 2 is 2.28 bits per heavy atom. The van der Waals surface area contributed by atoms with Crippen LogP contribution in [-0.4, -0.2) is 22.9 Å². The molecule has 1 aromatic rings. The van der Waals surface area contributed by atoms with Crippen molar-refractivity contribution in [2.45, 2.75) is 19.8 Å². The Balaban J connectivity index is 2.39. The second-order valence-corrected chi connectivity index (χ2v) is 6.13. The molecular weight excluding hydrogens is 409 g/mol. The fourth-order valence-corrected chi connectivity index (χ4v) is 2.14. The van der Waals surface area contributed by atoms with Crippen molar-refractivity contribution in [3.63, 3.8) is 0 Å². The molecule has 0 saturated carbocycles. The monoisotopic (exact) mass is 425 g/mol. The van der Waals surface area contributed by atoms with Crippen LogP contribution in [0.25, 0.3) is 0 Å². The van der Waals surface area contributed by atoms with Crippen LogP contribution < -0.4 is 5.32 Å². The van der Waals surface area contributed by atoms with Gasteiger partial charge in [0.05, 0.1) is 3.57 Å². The number of rotatable bonds is 6. The van der Waals surface area contributed by atoms with Crippen LogP contribution in [0.2, 0.25) is 0 Å². The highest BCUT2D eigenvalue weighted by molar-refractivity contribution is 14.1. The molecule has 0 heterocycles. The molecule has 1 unspecified atom stereocenters. The van der Waals surface area contributed by atoms with Gasteiger partial charge in [0.15, 0.2) is 0 Å². The molecule has 1 aromatic carbocycles. The van der Waals surface area contributed by atoms with E-state index in [1.54, 1.807) is 12.1 Å². The zero-order valence-corrected chi connectivity index (χ0v) is 14.0. The summed E-state index contributed by atoms with van der Waals surface area (Å²) in [5.41, 5.74) is 0.501. The highest BCUT2D eigenvalue weighted by Gasteiger charge is 2.07. The topological polar surface area (TPSA) is 49.3 Å². The average molecular weight is 426 g/mol. The number of alkyl halides is 1. The summed E-state index contributed by atoms with van der Waals surface area (Å²) in [5.74, 6) is 0.647. The van der Waals surface area contributed by atoms with Crippen LogP contribution in [0.1, 0.15) is 30.1 Å². The molecule has 1 atom stereocenters. The van der Waals surface area contributed by atoms with Crippen molar-refractivity contribution in [2.24, 2.45) is 5.92 Å². The maximum Gasteiger partial charge on any atom is 0.251 e. The molecule has 1 rings (SSSR count). The van der Waals surface area contributed by atoms with Crippen LogP contribution >= 0.6 is 38.5 Å². The number of hydrogen-bond donors (Lipinski definition) is 2. The van der Waals surface area contributed by atoms with E-state index in [0.717, 1.165) is 21.7 Å². The van der Waals surface area contributed by atoms with Gasteiger partial charge in [0.25, 0.3) is 5.91 Å². The lowest BCUT2D eigenvalue weighted by molar-refractivity contribution is 0.0952. The number of carbonyl (C=O) groups excluding carboxylic acids is 1. The molecule has 0 aromatic heterocycles. The van der Waals surface area contributed by atoms with Gasteiger partial charge in [0, 0.05) is 17.4 Å². The van der Waals surface area contributed by atoms with Crippen LogP contribution in [0.15, 0.2) is 18.2 Å². The number of halogens is 2. The number of aromatic hydroxyl groups is 1. The second-order valence-electron chi connectivity index (χ2n) is 4.32. The maximum atomic E-state index is 11.8. The first kappa shape index (κ1) is 15.8. The van der Waals surface area contributed by atoms with Crippen molar-refractivity contribution in [1.82, 2.24) is 5.32 Å². The summed E-state index contributed by atoms with van der Waals surface area (Å²) in [7, 11) is 0. The Morgan fingerprint density at radius 3 is 2.89 bits per heavy atom. The van der Waals surface area contributed by atoms with E-state index in [4.69, 9.17) is 0 Å². The summed E-state index contributed by atoms with van der Waals surface area (Å²) in [4.78, 5) is 11.8. The molecule has 18 heavy (non-hydrogen) atoms. The zero-order chi connectivity index (χ0) is 13.5. The standard InChI is InChI=1S/C13H17BrINO2/c1-9(8-14)3-2-6-16-13(18)10-4-5-11(15)12(17)7-10/h4-5,7,9,17H,2-3,6,8H2,1H3,(H,16,18). The average Bonchev–Trinajstić information content (AvgIpc) is 2.37. The number of hydrogen-bond acceptors (Lipinski definition) is 2. The molecule has 0 aliphatic carbocycles. The minimum atomic E-state index is -0.131. The van der Waals surface area contributed by atoms with E-state index < -0.39 is 0 Å². The third-order valence-corrected chi connectivity index (χ3v) is 4.65. The summed E-state index contributed by atoms with van der Waals surface area (Å²) in [6.07, 6.45) is 2.05. The van der Waals surface area contributed by atoms with Crippen molar-refractivity contribution >= 4 is 44.4 Å². The minimum Gasteiger partial charge on any atom is -0.507 e. The molecule has 0 bridgehead atoms. The first-order chi connectivity index (χ1) is 8.54. The molecular formula is C13H17BrINO2. The van der Waals surface area contributed by atoms with E-state index in [2.05, 4.69) is 28.2 Å². The summed E-state index contributed by atoms with van der Waals surface area (Å²) in [6.45, 7) is 2.84. The van der Waals surface area contributed by atoms with Crippen molar-refractivity contribution in [3.8, 4) is 5.75 Å². The smallest absolute Gasteiger partial charge is 0.251 e. The molecule has 0 aliphatic rings. The van der Waals surface area contributed by atoms with Crippen LogP contribution in [-0.2, 0) is 0 Å². The quantitative estimate of drug-likeness (QED) is 0.416. The summed E-state index contributed by atoms with van der Waals surface area (Å²) >= 11 is 5.46. The Labute approximate surface area is 130 Å². The van der Waals surface area contributed by atoms with Crippen LogP contribution in [0.3, 0.4) is 0 Å². The molecule has 5 heteroatoms. The van der Waals surface area contributed by atoms with Crippen molar-refractivity contribution in [2.75, 3.05) is 11.9 Å². The van der Waals surface area contributed by atoms with Gasteiger partial charge in [-0.2, -0.15) is 0 Å². The van der Waals surface area contributed by atoms with E-state index in [9.17, 15) is 9.90 Å². The van der Waals surface area contributed by atoms with E-state index in [1.807, 2.05) is 22.6 Å². The normalized spacial score (nSPS) is 12.2. The third-order valence-electron chi connectivity index (χ3n) is 2.63. The van der Waals surface area contributed by atoms with Gasteiger partial charge in [0.1, 0.15) is 5.75 Å². The predicted molar refractivity (Wildman–Crippen MR) is 85.3 cm³/mol. The number of nitrogens with one attached hydrogen (secondary N) is 1. The zero-order valence-electron chi connectivity index (χ0n) is 10.2. The highest BCUT2D eigenvalue weighted by Crippen LogP contribution is 2.20. The predicted octanol–water partition coefficient (Wildman–Crippen LogP) is 3.54. The van der Waals surface area contributed by atoms with Gasteiger partial charge in [-0.1, -0.05) is 22.9 Å². The first-order valence-corrected chi connectivity index (χ1v) is 8.07. The fourth-order valence-electron chi connectivity index (χ4n) is 1.49. The van der Waals surface area contributed by atoms with Gasteiger partial charge in [-0.25, -0.2) is 0 Å². The summed E-state index contributed by atoms with van der Waals surface area (Å²) in [6, 6.07) is 4.95. The van der Waals surface area contributed by atoms with Gasteiger partial charge in [-0.15, -0.1) is 0 Å². The van der Waals surface area contributed by atoms with Crippen molar-refractivity contribution in [1.29, 1.82) is 0 Å². The Bertz CT molecular complexity index is 412. The second kappa shape index (κ2) is 7.99. The lowest BCUT2D eigenvalue weighted by Gasteiger charge is -2.08. The largest absolute Gasteiger partial charge is 0.507 e. The SMILES string of the molecule is CC(CBr)CCCNC(=O)c1ccc(I)c(O)c1. The molecule has 100 valence electrons. The third kappa shape index (κ3) is 5.14. The molecule has 0 spiro atoms. The molecule has 2 N–H and O–H groups in total. The Kier molecular flexibility index (Phi) is 6.99. The number of phenols is 1. The maximum absolute atomic E-state index is 11.8. The first-order valence-electron chi connectivity index (χ1n) is 5.87. The lowest BCUT2D eigenvalue weighted by atomic mass is 10.1. The van der Waals surface area contributed by atoms with Gasteiger partial charge in [-0.05, 0) is 59.5 Å². The number of amides is 1. The van der Waals surface area contributed by atoms with Crippen LogP contribution in [0.4, 0.5) is 0 Å². The van der Waals surface area contributed by atoms with E-state index in [-0.39, 0.29) is 11.7 Å². The molecule has 0 saturated heterocycles. The molecule has 0 fully saturated rings. The summed E-state index contributed by atoms with van der Waals surface area (Å²) in [5, 5.41) is 13.4. The van der Waals surface area contributed by atoms with Crippen molar-refractivity contribution < 1.29 is 9.90 Å². The van der Waals surface area contributed by atoms with Crippen molar-refractivity contribution in [3.05, 3.63) is 27.3 Å². The van der Waals surface area contributed by atoms with E-state index in [1.165, 1.54) is 6.07 Å². The summed E-state index contributed by atoms with van der Waals surface area (Å²) < 4.78 is 0.746. The van der Waals surface area contributed by atoms with Gasteiger partial charge < -0.3 is 10.4 Å². The minimum absolute atomic E-state index is 0.131. The van der Waals surface area contributed by atoms with Gasteiger partial charge >= 0.3 is 0 Å². The molecule has 0 radical (unpaired) electrons. The van der Waals surface area contributed by atoms with Gasteiger partial charge in [0.2, 0.25) is 0 Å². The molecule has 0 aliphatic heterocycles. The van der Waals surface area contributed by atoms with Gasteiger partial charge in [-0.3, -0.25) is 4.79 Å². The Morgan fingerprint density at radius 1 is 1.56 bits per heavy atom. The fraction of sp³-hybridized carbons (Fsp3) is 0.462. The molecule has 1 amide bonds. The lowest BCUT2D eigenvalue weighted by Crippen LogP contribution is -2.24. The van der Waals surface area contributed by atoms with E-state index in [0.29, 0.717) is 18.0 Å². The van der Waals surface area contributed by atoms with Crippen LogP contribution in [0, 0.1) is 9.49 Å². The molecule has 3 nitrogen and oxygen atoms in total. The number of phenolic OH excluding ortho intramolecular Hbond substituents is 1. The number of carbonyl (C=O) groups is 1.